The molecule has 0 saturated carbocycles. The molecule has 112 valence electrons. The Kier molecular flexibility index (Phi) is 5.15. The quantitative estimate of drug-likeness (QED) is 0.832. The molecule has 3 N–H and O–H groups in total. The highest BCUT2D eigenvalue weighted by Crippen LogP contribution is 2.27. The molecular formula is C15H17Cl2N3O. The fourth-order valence-corrected chi connectivity index (χ4v) is 2.18. The van der Waals surface area contributed by atoms with Gasteiger partial charge < -0.3 is 15.8 Å². The number of nitrogens with two attached hydrogens (primary N) is 1. The molecule has 0 aliphatic carbocycles. The van der Waals surface area contributed by atoms with Crippen LogP contribution in [0.4, 0.5) is 17.2 Å². The maximum atomic E-state index is 5.97. The van der Waals surface area contributed by atoms with Gasteiger partial charge in [0.25, 0.3) is 0 Å². The summed E-state index contributed by atoms with van der Waals surface area (Å²) < 4.78 is 5.60. The minimum atomic E-state index is 0.398. The Morgan fingerprint density at radius 3 is 2.48 bits per heavy atom. The monoisotopic (exact) mass is 325 g/mol. The first-order chi connectivity index (χ1) is 9.94. The molecule has 0 saturated heterocycles. The van der Waals surface area contributed by atoms with Crippen molar-refractivity contribution < 1.29 is 4.74 Å². The van der Waals surface area contributed by atoms with Gasteiger partial charge in [-0.1, -0.05) is 37.0 Å². The standard InChI is InChI=1S/C15H17Cl2N3O/c1-9(2)8-21-15-13(18)3-4-14(20-15)19-12-6-10(16)5-11(17)7-12/h3-7,9H,8,18H2,1-2H3,(H,19,20). The molecule has 1 heterocycles. The summed E-state index contributed by atoms with van der Waals surface area (Å²) in [5, 5.41) is 4.23. The molecule has 0 aliphatic heterocycles. The Hall–Kier alpha value is -1.65. The fourth-order valence-electron chi connectivity index (χ4n) is 1.66. The number of aromatic nitrogens is 1. The molecule has 0 fully saturated rings. The van der Waals surface area contributed by atoms with Crippen molar-refractivity contribution in [3.05, 3.63) is 40.4 Å². The summed E-state index contributed by atoms with van der Waals surface area (Å²) in [7, 11) is 0. The van der Waals surface area contributed by atoms with Crippen LogP contribution in [0.1, 0.15) is 13.8 Å². The van der Waals surface area contributed by atoms with Gasteiger partial charge in [-0.25, -0.2) is 0 Å². The van der Waals surface area contributed by atoms with Crippen molar-refractivity contribution >= 4 is 40.4 Å². The number of rotatable bonds is 5. The number of nitrogens with zero attached hydrogens (tertiary/aromatic N) is 1. The Morgan fingerprint density at radius 1 is 1.19 bits per heavy atom. The third kappa shape index (κ3) is 4.69. The molecule has 0 atom stereocenters. The number of hydrogen-bond donors (Lipinski definition) is 2. The van der Waals surface area contributed by atoms with E-state index in [0.717, 1.165) is 5.69 Å². The third-order valence-electron chi connectivity index (χ3n) is 2.58. The van der Waals surface area contributed by atoms with E-state index in [9.17, 15) is 0 Å². The highest BCUT2D eigenvalue weighted by molar-refractivity contribution is 6.35. The van der Waals surface area contributed by atoms with E-state index in [2.05, 4.69) is 24.1 Å². The van der Waals surface area contributed by atoms with Crippen LogP contribution in [0.15, 0.2) is 30.3 Å². The molecule has 0 radical (unpaired) electrons. The summed E-state index contributed by atoms with van der Waals surface area (Å²) in [6.07, 6.45) is 0. The van der Waals surface area contributed by atoms with Gasteiger partial charge in [0, 0.05) is 15.7 Å². The van der Waals surface area contributed by atoms with Crippen LogP contribution in [-0.4, -0.2) is 11.6 Å². The van der Waals surface area contributed by atoms with Crippen LogP contribution in [0.5, 0.6) is 5.88 Å². The average molecular weight is 326 g/mol. The van der Waals surface area contributed by atoms with E-state index in [-0.39, 0.29) is 0 Å². The first-order valence-electron chi connectivity index (χ1n) is 6.56. The van der Waals surface area contributed by atoms with Crippen LogP contribution in [0.3, 0.4) is 0 Å². The summed E-state index contributed by atoms with van der Waals surface area (Å²) in [5.41, 5.74) is 7.11. The number of benzene rings is 1. The minimum Gasteiger partial charge on any atom is -0.476 e. The van der Waals surface area contributed by atoms with E-state index in [1.807, 2.05) is 0 Å². The Labute approximate surface area is 134 Å². The van der Waals surface area contributed by atoms with Crippen molar-refractivity contribution in [2.45, 2.75) is 13.8 Å². The largest absolute Gasteiger partial charge is 0.476 e. The smallest absolute Gasteiger partial charge is 0.239 e. The highest BCUT2D eigenvalue weighted by atomic mass is 35.5. The zero-order chi connectivity index (χ0) is 15.4. The Bertz CT molecular complexity index is 612. The van der Waals surface area contributed by atoms with Crippen LogP contribution < -0.4 is 15.8 Å². The van der Waals surface area contributed by atoms with E-state index >= 15 is 0 Å². The maximum Gasteiger partial charge on any atom is 0.239 e. The van der Waals surface area contributed by atoms with E-state index in [1.165, 1.54) is 0 Å². The third-order valence-corrected chi connectivity index (χ3v) is 3.01. The number of pyridine rings is 1. The molecule has 2 rings (SSSR count). The lowest BCUT2D eigenvalue weighted by Crippen LogP contribution is -2.08. The van der Waals surface area contributed by atoms with Crippen LogP contribution >= 0.6 is 23.2 Å². The number of ether oxygens (including phenoxy) is 1. The molecule has 0 spiro atoms. The van der Waals surface area contributed by atoms with Crippen molar-refractivity contribution in [2.75, 3.05) is 17.7 Å². The Morgan fingerprint density at radius 2 is 1.86 bits per heavy atom. The molecule has 4 nitrogen and oxygen atoms in total. The lowest BCUT2D eigenvalue weighted by atomic mass is 10.2. The van der Waals surface area contributed by atoms with Gasteiger partial charge in [-0.15, -0.1) is 0 Å². The van der Waals surface area contributed by atoms with E-state index in [1.54, 1.807) is 30.3 Å². The molecular weight excluding hydrogens is 309 g/mol. The van der Waals surface area contributed by atoms with Gasteiger partial charge in [0.15, 0.2) is 0 Å². The van der Waals surface area contributed by atoms with Crippen LogP contribution in [0.25, 0.3) is 0 Å². The maximum absolute atomic E-state index is 5.97. The molecule has 0 amide bonds. The van der Waals surface area contributed by atoms with Gasteiger partial charge in [0.2, 0.25) is 5.88 Å². The molecule has 1 aromatic carbocycles. The van der Waals surface area contributed by atoms with E-state index in [4.69, 9.17) is 33.7 Å². The number of nitrogens with one attached hydrogen (secondary N) is 1. The van der Waals surface area contributed by atoms with Gasteiger partial charge in [-0.05, 0) is 36.2 Å². The first kappa shape index (κ1) is 15.7. The second-order valence-corrected chi connectivity index (χ2v) is 5.95. The van der Waals surface area contributed by atoms with Gasteiger partial charge in [0.1, 0.15) is 5.82 Å². The van der Waals surface area contributed by atoms with Gasteiger partial charge >= 0.3 is 0 Å². The Balaban J connectivity index is 2.18. The summed E-state index contributed by atoms with van der Waals surface area (Å²) in [6, 6.07) is 8.71. The van der Waals surface area contributed by atoms with Crippen molar-refractivity contribution in [1.29, 1.82) is 0 Å². The number of anilines is 3. The van der Waals surface area contributed by atoms with Crippen LogP contribution in [0, 0.1) is 5.92 Å². The van der Waals surface area contributed by atoms with Crippen molar-refractivity contribution in [2.24, 2.45) is 5.92 Å². The van der Waals surface area contributed by atoms with Gasteiger partial charge in [-0.2, -0.15) is 4.98 Å². The SMILES string of the molecule is CC(C)COc1nc(Nc2cc(Cl)cc(Cl)c2)ccc1N. The molecule has 21 heavy (non-hydrogen) atoms. The molecule has 0 bridgehead atoms. The zero-order valence-corrected chi connectivity index (χ0v) is 13.4. The lowest BCUT2D eigenvalue weighted by Gasteiger charge is -2.12. The van der Waals surface area contributed by atoms with E-state index in [0.29, 0.717) is 40.0 Å². The summed E-state index contributed by atoms with van der Waals surface area (Å²) in [6.45, 7) is 4.68. The highest BCUT2D eigenvalue weighted by Gasteiger charge is 2.07. The summed E-state index contributed by atoms with van der Waals surface area (Å²) >= 11 is 11.9. The topological polar surface area (TPSA) is 60.2 Å². The molecule has 6 heteroatoms. The summed E-state index contributed by atoms with van der Waals surface area (Å²) in [5.74, 6) is 1.43. The second kappa shape index (κ2) is 6.87. The van der Waals surface area contributed by atoms with Crippen LogP contribution in [0.2, 0.25) is 10.0 Å². The van der Waals surface area contributed by atoms with Crippen LogP contribution in [-0.2, 0) is 0 Å². The zero-order valence-electron chi connectivity index (χ0n) is 11.9. The van der Waals surface area contributed by atoms with Crippen molar-refractivity contribution in [3.8, 4) is 5.88 Å². The predicted molar refractivity (Wildman–Crippen MR) is 88.7 cm³/mol. The lowest BCUT2D eigenvalue weighted by molar-refractivity contribution is 0.263. The van der Waals surface area contributed by atoms with Crippen molar-refractivity contribution in [1.82, 2.24) is 4.98 Å². The van der Waals surface area contributed by atoms with E-state index < -0.39 is 0 Å². The number of halogens is 2. The summed E-state index contributed by atoms with van der Waals surface area (Å²) in [4.78, 5) is 4.35. The van der Waals surface area contributed by atoms with Gasteiger partial charge in [0.05, 0.1) is 12.3 Å². The average Bonchev–Trinajstić information content (AvgIpc) is 2.38. The number of hydrogen-bond acceptors (Lipinski definition) is 4. The fraction of sp³-hybridized carbons (Fsp3) is 0.267. The minimum absolute atomic E-state index is 0.398. The second-order valence-electron chi connectivity index (χ2n) is 5.08. The molecule has 1 aromatic heterocycles. The normalized spacial score (nSPS) is 10.7. The van der Waals surface area contributed by atoms with Crippen molar-refractivity contribution in [3.63, 3.8) is 0 Å². The van der Waals surface area contributed by atoms with Gasteiger partial charge in [-0.3, -0.25) is 0 Å². The molecule has 0 unspecified atom stereocenters. The predicted octanol–water partition coefficient (Wildman–Crippen LogP) is 4.75. The number of nitrogen functional groups attached to an aromatic ring is 1. The molecule has 2 aromatic rings. The first-order valence-corrected chi connectivity index (χ1v) is 7.32. The molecule has 0 aliphatic rings.